The van der Waals surface area contributed by atoms with Crippen LogP contribution in [0, 0.1) is 12.3 Å². The first-order valence-electron chi connectivity index (χ1n) is 5.17. The van der Waals surface area contributed by atoms with Crippen LogP contribution in [0.1, 0.15) is 21.1 Å². The Balaban J connectivity index is 2.02. The van der Waals surface area contributed by atoms with Gasteiger partial charge in [0.1, 0.15) is 0 Å². The van der Waals surface area contributed by atoms with E-state index in [-0.39, 0.29) is 5.01 Å². The molecular formula is C13H10N2O2S. The minimum atomic E-state index is -0.999. The largest absolute Gasteiger partial charge is 0.476 e. The van der Waals surface area contributed by atoms with Crippen LogP contribution in [0.2, 0.25) is 0 Å². The molecule has 2 N–H and O–H groups in total. The molecule has 0 amide bonds. The lowest BCUT2D eigenvalue weighted by Gasteiger charge is -2.04. The number of rotatable bonds is 4. The third-order valence-corrected chi connectivity index (χ3v) is 3.12. The van der Waals surface area contributed by atoms with Gasteiger partial charge in [-0.05, 0) is 18.2 Å². The molecule has 0 aliphatic heterocycles. The molecule has 2 aromatic rings. The first-order valence-corrected chi connectivity index (χ1v) is 6.05. The van der Waals surface area contributed by atoms with E-state index in [1.807, 2.05) is 24.3 Å². The number of aromatic nitrogens is 1. The van der Waals surface area contributed by atoms with Gasteiger partial charge in [-0.25, -0.2) is 9.78 Å². The van der Waals surface area contributed by atoms with Crippen LogP contribution >= 0.6 is 11.3 Å². The van der Waals surface area contributed by atoms with Gasteiger partial charge in [-0.15, -0.1) is 17.8 Å². The predicted octanol–water partition coefficient (Wildman–Crippen LogP) is 2.43. The number of hydrogen-bond acceptors (Lipinski definition) is 4. The highest BCUT2D eigenvalue weighted by Gasteiger charge is 2.08. The van der Waals surface area contributed by atoms with E-state index in [4.69, 9.17) is 11.5 Å². The molecule has 1 heterocycles. The number of terminal acetylenes is 1. The summed E-state index contributed by atoms with van der Waals surface area (Å²) in [6, 6.07) is 7.45. The van der Waals surface area contributed by atoms with Gasteiger partial charge in [0.15, 0.2) is 0 Å². The van der Waals surface area contributed by atoms with Gasteiger partial charge in [0, 0.05) is 16.6 Å². The minimum absolute atomic E-state index is 0.101. The lowest BCUT2D eigenvalue weighted by atomic mass is 10.2. The number of anilines is 1. The quantitative estimate of drug-likeness (QED) is 0.827. The molecule has 0 saturated carbocycles. The average Bonchev–Trinajstić information content (AvgIpc) is 2.85. The van der Waals surface area contributed by atoms with Gasteiger partial charge in [0.2, 0.25) is 5.01 Å². The highest BCUT2D eigenvalue weighted by molar-refractivity contribution is 7.11. The SMILES string of the molecule is C#Cc1cccc(NCc2csc(C(=O)O)n2)c1. The molecule has 0 atom stereocenters. The number of hydrogen-bond donors (Lipinski definition) is 2. The summed E-state index contributed by atoms with van der Waals surface area (Å²) in [4.78, 5) is 14.7. The standard InChI is InChI=1S/C13H10N2O2S/c1-2-9-4-3-5-10(6-9)14-7-11-8-18-12(15-11)13(16)17/h1,3-6,8,14H,7H2,(H,16,17). The number of nitrogens with one attached hydrogen (secondary N) is 1. The number of carbonyl (C=O) groups is 1. The van der Waals surface area contributed by atoms with Crippen LogP contribution in [0.25, 0.3) is 0 Å². The summed E-state index contributed by atoms with van der Waals surface area (Å²) in [6.45, 7) is 0.470. The zero-order valence-electron chi connectivity index (χ0n) is 9.38. The fourth-order valence-electron chi connectivity index (χ4n) is 1.40. The Hall–Kier alpha value is -2.32. The number of carboxylic acid groups (broad SMARTS) is 1. The van der Waals surface area contributed by atoms with E-state index < -0.39 is 5.97 Å². The molecule has 4 nitrogen and oxygen atoms in total. The summed E-state index contributed by atoms with van der Waals surface area (Å²) in [6.07, 6.45) is 5.31. The van der Waals surface area contributed by atoms with E-state index in [0.717, 1.165) is 22.6 Å². The van der Waals surface area contributed by atoms with Gasteiger partial charge in [-0.1, -0.05) is 12.0 Å². The number of carboxylic acids is 1. The molecule has 0 aliphatic rings. The maximum absolute atomic E-state index is 10.7. The van der Waals surface area contributed by atoms with Gasteiger partial charge >= 0.3 is 5.97 Å². The van der Waals surface area contributed by atoms with E-state index in [1.54, 1.807) is 5.38 Å². The molecule has 0 unspecified atom stereocenters. The summed E-state index contributed by atoms with van der Waals surface area (Å²) < 4.78 is 0. The lowest BCUT2D eigenvalue weighted by molar-refractivity contribution is 0.0696. The fraction of sp³-hybridized carbons (Fsp3) is 0.0769. The first-order chi connectivity index (χ1) is 8.69. The summed E-state index contributed by atoms with van der Waals surface area (Å²) in [5.74, 6) is 1.55. The monoisotopic (exact) mass is 258 g/mol. The Labute approximate surface area is 108 Å². The number of nitrogens with zero attached hydrogens (tertiary/aromatic N) is 1. The third kappa shape index (κ3) is 2.87. The van der Waals surface area contributed by atoms with E-state index >= 15 is 0 Å². The summed E-state index contributed by atoms with van der Waals surface area (Å²) in [7, 11) is 0. The normalized spacial score (nSPS) is 9.72. The van der Waals surface area contributed by atoms with E-state index in [9.17, 15) is 4.79 Å². The maximum atomic E-state index is 10.7. The molecule has 18 heavy (non-hydrogen) atoms. The Kier molecular flexibility index (Phi) is 3.60. The Morgan fingerprint density at radius 2 is 2.39 bits per heavy atom. The topological polar surface area (TPSA) is 62.2 Å². The number of thiazole rings is 1. The van der Waals surface area contributed by atoms with Crippen LogP contribution in [-0.4, -0.2) is 16.1 Å². The second kappa shape index (κ2) is 5.34. The van der Waals surface area contributed by atoms with Crippen LogP contribution in [-0.2, 0) is 6.54 Å². The van der Waals surface area contributed by atoms with Crippen LogP contribution in [0.5, 0.6) is 0 Å². The third-order valence-electron chi connectivity index (χ3n) is 2.24. The second-order valence-electron chi connectivity index (χ2n) is 3.53. The lowest BCUT2D eigenvalue weighted by Crippen LogP contribution is -2.01. The predicted molar refractivity (Wildman–Crippen MR) is 70.8 cm³/mol. The highest BCUT2D eigenvalue weighted by Crippen LogP contribution is 2.13. The van der Waals surface area contributed by atoms with E-state index in [0.29, 0.717) is 12.2 Å². The molecule has 0 fully saturated rings. The van der Waals surface area contributed by atoms with Crippen molar-refractivity contribution in [1.82, 2.24) is 4.98 Å². The van der Waals surface area contributed by atoms with Crippen LogP contribution in [0.4, 0.5) is 5.69 Å². The zero-order valence-corrected chi connectivity index (χ0v) is 10.2. The molecule has 0 bridgehead atoms. The van der Waals surface area contributed by atoms with Crippen LogP contribution < -0.4 is 5.32 Å². The smallest absolute Gasteiger partial charge is 0.365 e. The fourth-order valence-corrected chi connectivity index (χ4v) is 2.05. The number of benzene rings is 1. The van der Waals surface area contributed by atoms with Crippen molar-refractivity contribution in [3.63, 3.8) is 0 Å². The van der Waals surface area contributed by atoms with Crippen molar-refractivity contribution < 1.29 is 9.90 Å². The highest BCUT2D eigenvalue weighted by atomic mass is 32.1. The van der Waals surface area contributed by atoms with Crippen molar-refractivity contribution in [1.29, 1.82) is 0 Å². The summed E-state index contributed by atoms with van der Waals surface area (Å²) in [5.41, 5.74) is 2.38. The Morgan fingerprint density at radius 1 is 1.56 bits per heavy atom. The number of aromatic carboxylic acids is 1. The summed E-state index contributed by atoms with van der Waals surface area (Å²) in [5, 5.41) is 13.7. The average molecular weight is 258 g/mol. The molecular weight excluding hydrogens is 248 g/mol. The molecule has 0 radical (unpaired) electrons. The zero-order chi connectivity index (χ0) is 13.0. The van der Waals surface area contributed by atoms with Crippen molar-refractivity contribution in [2.75, 3.05) is 5.32 Å². The van der Waals surface area contributed by atoms with Gasteiger partial charge < -0.3 is 10.4 Å². The Morgan fingerprint density at radius 3 is 3.06 bits per heavy atom. The van der Waals surface area contributed by atoms with E-state index in [2.05, 4.69) is 16.2 Å². The van der Waals surface area contributed by atoms with Crippen molar-refractivity contribution in [3.8, 4) is 12.3 Å². The molecule has 2 rings (SSSR count). The van der Waals surface area contributed by atoms with Gasteiger partial charge in [0.05, 0.1) is 12.2 Å². The molecule has 90 valence electrons. The van der Waals surface area contributed by atoms with Crippen molar-refractivity contribution in [3.05, 3.63) is 45.9 Å². The van der Waals surface area contributed by atoms with Crippen molar-refractivity contribution >= 4 is 23.0 Å². The molecule has 5 heteroatoms. The molecule has 1 aromatic carbocycles. The van der Waals surface area contributed by atoms with E-state index in [1.165, 1.54) is 0 Å². The maximum Gasteiger partial charge on any atom is 0.365 e. The van der Waals surface area contributed by atoms with Gasteiger partial charge in [-0.3, -0.25) is 0 Å². The van der Waals surface area contributed by atoms with Crippen LogP contribution in [0.15, 0.2) is 29.6 Å². The minimum Gasteiger partial charge on any atom is -0.476 e. The first kappa shape index (κ1) is 12.1. The summed E-state index contributed by atoms with van der Waals surface area (Å²) >= 11 is 1.12. The second-order valence-corrected chi connectivity index (χ2v) is 4.39. The van der Waals surface area contributed by atoms with Gasteiger partial charge in [0.25, 0.3) is 0 Å². The van der Waals surface area contributed by atoms with Crippen molar-refractivity contribution in [2.24, 2.45) is 0 Å². The Bertz CT molecular complexity index is 613. The van der Waals surface area contributed by atoms with Crippen LogP contribution in [0.3, 0.4) is 0 Å². The molecule has 0 saturated heterocycles. The van der Waals surface area contributed by atoms with Gasteiger partial charge in [-0.2, -0.15) is 0 Å². The molecule has 0 spiro atoms. The molecule has 1 aromatic heterocycles. The van der Waals surface area contributed by atoms with Crippen molar-refractivity contribution in [2.45, 2.75) is 6.54 Å². The molecule has 0 aliphatic carbocycles.